The lowest BCUT2D eigenvalue weighted by atomic mass is 9.87. The summed E-state index contributed by atoms with van der Waals surface area (Å²) in [5, 5.41) is 0. The Morgan fingerprint density at radius 1 is 1.16 bits per heavy atom. The number of pyridine rings is 1. The number of hydrogen-bond acceptors (Lipinski definition) is 3. The number of rotatable bonds is 3. The maximum absolute atomic E-state index is 5.80. The van der Waals surface area contributed by atoms with Gasteiger partial charge in [0.2, 0.25) is 0 Å². The van der Waals surface area contributed by atoms with E-state index in [1.54, 1.807) is 6.20 Å². The van der Waals surface area contributed by atoms with E-state index in [0.29, 0.717) is 12.4 Å². The summed E-state index contributed by atoms with van der Waals surface area (Å²) in [5.74, 6) is 1.40. The van der Waals surface area contributed by atoms with Gasteiger partial charge in [0, 0.05) is 6.20 Å². The molecule has 0 spiro atoms. The topological polar surface area (TPSA) is 48.1 Å². The second-order valence-electron chi connectivity index (χ2n) is 5.66. The summed E-state index contributed by atoms with van der Waals surface area (Å²) < 4.78 is 5.80. The van der Waals surface area contributed by atoms with Crippen LogP contribution in [0.3, 0.4) is 0 Å². The number of aromatic nitrogens is 1. The van der Waals surface area contributed by atoms with E-state index in [9.17, 15) is 0 Å². The van der Waals surface area contributed by atoms with Crippen molar-refractivity contribution in [3.8, 4) is 5.75 Å². The highest BCUT2D eigenvalue weighted by molar-refractivity contribution is 5.34. The number of nitrogen functional groups attached to an aromatic ring is 1. The highest BCUT2D eigenvalue weighted by Gasteiger charge is 2.13. The monoisotopic (exact) mass is 256 g/mol. The molecule has 19 heavy (non-hydrogen) atoms. The SMILES string of the molecule is CC(C)(C)c1cccc(OCc2ccnc(N)c2)c1. The molecule has 0 aliphatic rings. The van der Waals surface area contributed by atoms with Crippen molar-refractivity contribution in [2.24, 2.45) is 0 Å². The normalized spacial score (nSPS) is 11.3. The van der Waals surface area contributed by atoms with E-state index in [4.69, 9.17) is 10.5 Å². The Morgan fingerprint density at radius 3 is 2.63 bits per heavy atom. The molecule has 0 fully saturated rings. The summed E-state index contributed by atoms with van der Waals surface area (Å²) in [6.45, 7) is 7.07. The minimum atomic E-state index is 0.125. The lowest BCUT2D eigenvalue weighted by Gasteiger charge is -2.19. The predicted molar refractivity (Wildman–Crippen MR) is 78.1 cm³/mol. The maximum Gasteiger partial charge on any atom is 0.123 e. The first-order valence-electron chi connectivity index (χ1n) is 6.39. The van der Waals surface area contributed by atoms with Gasteiger partial charge in [-0.25, -0.2) is 4.98 Å². The van der Waals surface area contributed by atoms with Gasteiger partial charge in [0.25, 0.3) is 0 Å². The molecular weight excluding hydrogens is 236 g/mol. The maximum atomic E-state index is 5.80. The van der Waals surface area contributed by atoms with Crippen LogP contribution >= 0.6 is 0 Å². The Labute approximate surface area is 114 Å². The number of anilines is 1. The molecule has 0 atom stereocenters. The average Bonchev–Trinajstić information content (AvgIpc) is 2.36. The van der Waals surface area contributed by atoms with Crippen LogP contribution in [0.1, 0.15) is 31.9 Å². The largest absolute Gasteiger partial charge is 0.489 e. The molecule has 0 saturated heterocycles. The fraction of sp³-hybridized carbons (Fsp3) is 0.312. The minimum Gasteiger partial charge on any atom is -0.489 e. The van der Waals surface area contributed by atoms with Gasteiger partial charge in [-0.2, -0.15) is 0 Å². The van der Waals surface area contributed by atoms with E-state index >= 15 is 0 Å². The van der Waals surface area contributed by atoms with Crippen molar-refractivity contribution in [1.82, 2.24) is 4.98 Å². The van der Waals surface area contributed by atoms with E-state index < -0.39 is 0 Å². The third-order valence-corrected chi connectivity index (χ3v) is 2.95. The van der Waals surface area contributed by atoms with Crippen LogP contribution in [0.25, 0.3) is 0 Å². The standard InChI is InChI=1S/C16H20N2O/c1-16(2,3)13-5-4-6-14(10-13)19-11-12-7-8-18-15(17)9-12/h4-10H,11H2,1-3H3,(H2,17,18). The highest BCUT2D eigenvalue weighted by atomic mass is 16.5. The Hall–Kier alpha value is -2.03. The molecule has 0 amide bonds. The van der Waals surface area contributed by atoms with Crippen LogP contribution in [0.2, 0.25) is 0 Å². The van der Waals surface area contributed by atoms with Crippen molar-refractivity contribution < 1.29 is 4.74 Å². The van der Waals surface area contributed by atoms with Crippen molar-refractivity contribution >= 4 is 5.82 Å². The molecule has 1 aromatic heterocycles. The molecule has 1 heterocycles. The Morgan fingerprint density at radius 2 is 1.95 bits per heavy atom. The average molecular weight is 256 g/mol. The summed E-state index contributed by atoms with van der Waals surface area (Å²) in [5.41, 5.74) is 8.05. The molecule has 3 nitrogen and oxygen atoms in total. The fourth-order valence-corrected chi connectivity index (χ4v) is 1.80. The summed E-state index contributed by atoms with van der Waals surface area (Å²) >= 11 is 0. The van der Waals surface area contributed by atoms with Crippen LogP contribution in [0.4, 0.5) is 5.82 Å². The Balaban J connectivity index is 2.08. The highest BCUT2D eigenvalue weighted by Crippen LogP contribution is 2.26. The molecule has 3 heteroatoms. The number of ether oxygens (including phenoxy) is 1. The van der Waals surface area contributed by atoms with E-state index in [-0.39, 0.29) is 5.41 Å². The number of nitrogens with two attached hydrogens (primary N) is 1. The fourth-order valence-electron chi connectivity index (χ4n) is 1.80. The van der Waals surface area contributed by atoms with Gasteiger partial charge in [-0.05, 0) is 40.8 Å². The van der Waals surface area contributed by atoms with Crippen molar-refractivity contribution in [3.63, 3.8) is 0 Å². The van der Waals surface area contributed by atoms with Crippen LogP contribution in [-0.2, 0) is 12.0 Å². The van der Waals surface area contributed by atoms with Crippen LogP contribution in [-0.4, -0.2) is 4.98 Å². The van der Waals surface area contributed by atoms with E-state index in [1.165, 1.54) is 5.56 Å². The van der Waals surface area contributed by atoms with Gasteiger partial charge in [-0.1, -0.05) is 32.9 Å². The van der Waals surface area contributed by atoms with Crippen LogP contribution in [0.5, 0.6) is 5.75 Å². The van der Waals surface area contributed by atoms with Gasteiger partial charge in [-0.15, -0.1) is 0 Å². The molecule has 100 valence electrons. The molecule has 0 aliphatic carbocycles. The van der Waals surface area contributed by atoms with Crippen LogP contribution in [0, 0.1) is 0 Å². The van der Waals surface area contributed by atoms with E-state index in [2.05, 4.69) is 37.9 Å². The summed E-state index contributed by atoms with van der Waals surface area (Å²) in [4.78, 5) is 3.96. The third kappa shape index (κ3) is 3.71. The number of benzene rings is 1. The van der Waals surface area contributed by atoms with Gasteiger partial charge >= 0.3 is 0 Å². The van der Waals surface area contributed by atoms with Crippen molar-refractivity contribution in [2.45, 2.75) is 32.8 Å². The van der Waals surface area contributed by atoms with Crippen LogP contribution in [0.15, 0.2) is 42.6 Å². The zero-order valence-corrected chi connectivity index (χ0v) is 11.7. The van der Waals surface area contributed by atoms with Gasteiger partial charge in [-0.3, -0.25) is 0 Å². The minimum absolute atomic E-state index is 0.125. The molecule has 2 rings (SSSR count). The first-order chi connectivity index (χ1) is 8.95. The quantitative estimate of drug-likeness (QED) is 0.913. The lowest BCUT2D eigenvalue weighted by molar-refractivity contribution is 0.305. The smallest absolute Gasteiger partial charge is 0.123 e. The second kappa shape index (κ2) is 5.31. The molecule has 2 N–H and O–H groups in total. The molecule has 0 unspecified atom stereocenters. The second-order valence-corrected chi connectivity index (χ2v) is 5.66. The first kappa shape index (κ1) is 13.4. The number of nitrogens with zero attached hydrogens (tertiary/aromatic N) is 1. The van der Waals surface area contributed by atoms with Crippen molar-refractivity contribution in [3.05, 3.63) is 53.7 Å². The van der Waals surface area contributed by atoms with Gasteiger partial charge in [0.05, 0.1) is 0 Å². The Kier molecular flexibility index (Phi) is 3.74. The third-order valence-electron chi connectivity index (χ3n) is 2.95. The molecule has 2 aromatic rings. The molecular formula is C16H20N2O. The van der Waals surface area contributed by atoms with E-state index in [1.807, 2.05) is 24.3 Å². The van der Waals surface area contributed by atoms with Crippen molar-refractivity contribution in [1.29, 1.82) is 0 Å². The molecule has 0 aliphatic heterocycles. The van der Waals surface area contributed by atoms with Crippen LogP contribution < -0.4 is 10.5 Å². The lowest BCUT2D eigenvalue weighted by Crippen LogP contribution is -2.11. The predicted octanol–water partition coefficient (Wildman–Crippen LogP) is 3.54. The zero-order valence-electron chi connectivity index (χ0n) is 11.7. The molecule has 0 radical (unpaired) electrons. The molecule has 0 saturated carbocycles. The van der Waals surface area contributed by atoms with Gasteiger partial charge < -0.3 is 10.5 Å². The van der Waals surface area contributed by atoms with Crippen molar-refractivity contribution in [2.75, 3.05) is 5.73 Å². The molecule has 0 bridgehead atoms. The summed E-state index contributed by atoms with van der Waals surface area (Å²) in [6, 6.07) is 11.9. The summed E-state index contributed by atoms with van der Waals surface area (Å²) in [7, 11) is 0. The Bertz CT molecular complexity index is 559. The number of hydrogen-bond donors (Lipinski definition) is 1. The van der Waals surface area contributed by atoms with Gasteiger partial charge in [0.1, 0.15) is 18.2 Å². The van der Waals surface area contributed by atoms with E-state index in [0.717, 1.165) is 11.3 Å². The summed E-state index contributed by atoms with van der Waals surface area (Å²) in [6.07, 6.45) is 1.69. The van der Waals surface area contributed by atoms with Gasteiger partial charge in [0.15, 0.2) is 0 Å². The zero-order chi connectivity index (χ0) is 13.9. The molecule has 1 aromatic carbocycles. The first-order valence-corrected chi connectivity index (χ1v) is 6.39.